The molecular weight excluding hydrogens is 643 g/mol. The second-order valence-electron chi connectivity index (χ2n) is 19.3. The van der Waals surface area contributed by atoms with E-state index < -0.39 is 15.8 Å². The molecule has 2 N–H and O–H groups in total. The van der Waals surface area contributed by atoms with E-state index in [0.29, 0.717) is 70.6 Å². The van der Waals surface area contributed by atoms with Gasteiger partial charge in [0.2, 0.25) is 0 Å². The van der Waals surface area contributed by atoms with Gasteiger partial charge < -0.3 is 20.2 Å². The summed E-state index contributed by atoms with van der Waals surface area (Å²) in [5, 5.41) is 13.7. The smallest absolute Gasteiger partial charge is 0.335 e. The molecule has 0 spiro atoms. The number of sulfone groups is 1. The summed E-state index contributed by atoms with van der Waals surface area (Å²) >= 11 is 0. The van der Waals surface area contributed by atoms with Crippen molar-refractivity contribution >= 4 is 21.4 Å². The SMILES string of the molecule is CN(C)CC1CCC2(NCCN3CCS(=O)(=O)CC3)CCC3(C)C(CCC4C5(C)CC=C(c6ccc(C(=O)O)cc6)C(C)(C)C5CCC43C)C12. The molecule has 9 atom stereocenters. The normalized spacial score (nSPS) is 42.2. The third-order valence-electron chi connectivity index (χ3n) is 16.5. The molecule has 4 saturated carbocycles. The number of benzene rings is 1. The number of carboxylic acid groups (broad SMARTS) is 1. The number of fused-ring (bicyclic) bond motifs is 7. The van der Waals surface area contributed by atoms with E-state index in [0.717, 1.165) is 19.5 Å². The van der Waals surface area contributed by atoms with E-state index in [1.54, 1.807) is 12.1 Å². The fourth-order valence-corrected chi connectivity index (χ4v) is 15.3. The maximum absolute atomic E-state index is 12.0. The van der Waals surface area contributed by atoms with Crippen molar-refractivity contribution in [3.05, 3.63) is 41.5 Å². The van der Waals surface area contributed by atoms with E-state index in [1.807, 2.05) is 12.1 Å². The lowest BCUT2D eigenvalue weighted by atomic mass is 9.33. The summed E-state index contributed by atoms with van der Waals surface area (Å²) in [7, 11) is 1.66. The molecule has 9 unspecified atom stereocenters. The molecule has 7 nitrogen and oxygen atoms in total. The fourth-order valence-electron chi connectivity index (χ4n) is 14.0. The maximum Gasteiger partial charge on any atom is 0.335 e. The molecule has 5 fully saturated rings. The highest BCUT2D eigenvalue weighted by Crippen LogP contribution is 2.76. The number of allylic oxidation sites excluding steroid dienone is 2. The molecule has 8 heteroatoms. The predicted octanol–water partition coefficient (Wildman–Crippen LogP) is 7.09. The molecule has 1 heterocycles. The molecule has 50 heavy (non-hydrogen) atoms. The number of nitrogens with zero attached hydrogens (tertiary/aromatic N) is 2. The third-order valence-corrected chi connectivity index (χ3v) is 18.1. The van der Waals surface area contributed by atoms with E-state index in [-0.39, 0.29) is 16.4 Å². The molecule has 1 aromatic rings. The number of rotatable bonds is 8. The van der Waals surface area contributed by atoms with Crippen LogP contribution in [-0.2, 0) is 9.84 Å². The highest BCUT2D eigenvalue weighted by atomic mass is 32.2. The van der Waals surface area contributed by atoms with Crippen LogP contribution < -0.4 is 5.32 Å². The quantitative estimate of drug-likeness (QED) is 0.298. The molecular formula is C42H65N3O4S. The number of hydrogen-bond donors (Lipinski definition) is 2. The largest absolute Gasteiger partial charge is 0.478 e. The molecule has 1 aromatic carbocycles. The van der Waals surface area contributed by atoms with Crippen molar-refractivity contribution in [1.82, 2.24) is 15.1 Å². The molecule has 0 amide bonds. The Morgan fingerprint density at radius 2 is 1.60 bits per heavy atom. The van der Waals surface area contributed by atoms with Crippen molar-refractivity contribution in [1.29, 1.82) is 0 Å². The molecule has 1 aliphatic heterocycles. The van der Waals surface area contributed by atoms with Crippen LogP contribution in [0.3, 0.4) is 0 Å². The van der Waals surface area contributed by atoms with Gasteiger partial charge in [-0.15, -0.1) is 0 Å². The summed E-state index contributed by atoms with van der Waals surface area (Å²) in [6.45, 7) is 17.5. The van der Waals surface area contributed by atoms with E-state index >= 15 is 0 Å². The second kappa shape index (κ2) is 12.7. The Labute approximate surface area is 302 Å². The average Bonchev–Trinajstić information content (AvgIpc) is 3.39. The van der Waals surface area contributed by atoms with Gasteiger partial charge in [0.15, 0.2) is 9.84 Å². The Morgan fingerprint density at radius 3 is 2.26 bits per heavy atom. The van der Waals surface area contributed by atoms with Gasteiger partial charge >= 0.3 is 5.97 Å². The molecule has 0 aromatic heterocycles. The Morgan fingerprint density at radius 1 is 0.900 bits per heavy atom. The minimum absolute atomic E-state index is 0.0171. The van der Waals surface area contributed by atoms with Crippen molar-refractivity contribution in [2.24, 2.45) is 51.2 Å². The van der Waals surface area contributed by atoms with Crippen molar-refractivity contribution in [3.8, 4) is 0 Å². The minimum atomic E-state index is -2.86. The molecule has 278 valence electrons. The van der Waals surface area contributed by atoms with Crippen molar-refractivity contribution < 1.29 is 18.3 Å². The van der Waals surface area contributed by atoms with Crippen molar-refractivity contribution in [3.63, 3.8) is 0 Å². The van der Waals surface area contributed by atoms with Gasteiger partial charge in [-0.1, -0.05) is 52.8 Å². The van der Waals surface area contributed by atoms with Gasteiger partial charge in [-0.05, 0) is 146 Å². The number of nitrogens with one attached hydrogen (secondary N) is 1. The average molecular weight is 708 g/mol. The second-order valence-corrected chi connectivity index (χ2v) is 21.6. The Bertz CT molecular complexity index is 1590. The molecule has 0 radical (unpaired) electrons. The lowest BCUT2D eigenvalue weighted by molar-refractivity contribution is -0.220. The van der Waals surface area contributed by atoms with Crippen LogP contribution >= 0.6 is 0 Å². The first-order chi connectivity index (χ1) is 23.5. The number of carboxylic acids is 1. The number of hydrogen-bond acceptors (Lipinski definition) is 6. The Kier molecular flexibility index (Phi) is 9.29. The van der Waals surface area contributed by atoms with Gasteiger partial charge in [0, 0.05) is 38.3 Å². The monoisotopic (exact) mass is 707 g/mol. The standard InChI is InChI=1S/C42H65N3O4S/c1-38(2)32(29-8-10-30(11-9-29)37(46)47)15-17-39(3)34(38)16-18-41(5)35(39)13-12-33-36-31(28-44(6)7)14-19-42(36,21-20-40(33,41)4)43-22-23-45-24-26-50(48,49)27-25-45/h8-11,15,31,33-36,43H,12-14,16-28H2,1-7H3,(H,46,47). The van der Waals surface area contributed by atoms with Crippen LogP contribution in [0.2, 0.25) is 0 Å². The minimum Gasteiger partial charge on any atom is -0.478 e. The zero-order valence-electron chi connectivity index (χ0n) is 32.1. The molecule has 5 aliphatic carbocycles. The summed E-state index contributed by atoms with van der Waals surface area (Å²) < 4.78 is 24.1. The van der Waals surface area contributed by atoms with Crippen molar-refractivity contribution in [2.75, 3.05) is 58.3 Å². The first-order valence-corrected chi connectivity index (χ1v) is 21.6. The lowest BCUT2D eigenvalue weighted by Crippen LogP contribution is -2.68. The summed E-state index contributed by atoms with van der Waals surface area (Å²) in [5.74, 6) is 3.13. The van der Waals surface area contributed by atoms with E-state index in [2.05, 4.69) is 69.9 Å². The van der Waals surface area contributed by atoms with Gasteiger partial charge in [0.25, 0.3) is 0 Å². The van der Waals surface area contributed by atoms with Gasteiger partial charge in [0.05, 0.1) is 17.1 Å². The van der Waals surface area contributed by atoms with Crippen LogP contribution in [-0.4, -0.2) is 93.2 Å². The molecule has 0 bridgehead atoms. The van der Waals surface area contributed by atoms with Crippen LogP contribution in [0, 0.1) is 51.2 Å². The maximum atomic E-state index is 12.0. The summed E-state index contributed by atoms with van der Waals surface area (Å²) in [4.78, 5) is 16.4. The Balaban J connectivity index is 1.15. The first kappa shape index (κ1) is 36.6. The van der Waals surface area contributed by atoms with Crippen LogP contribution in [0.25, 0.3) is 5.57 Å². The van der Waals surface area contributed by atoms with Crippen LogP contribution in [0.15, 0.2) is 30.3 Å². The lowest BCUT2D eigenvalue weighted by Gasteiger charge is -2.72. The van der Waals surface area contributed by atoms with E-state index in [9.17, 15) is 18.3 Å². The third kappa shape index (κ3) is 5.76. The summed E-state index contributed by atoms with van der Waals surface area (Å²) in [6, 6.07) is 7.61. The topological polar surface area (TPSA) is 90.0 Å². The van der Waals surface area contributed by atoms with Gasteiger partial charge in [0.1, 0.15) is 0 Å². The number of aromatic carboxylic acids is 1. The molecule has 6 aliphatic rings. The summed E-state index contributed by atoms with van der Waals surface area (Å²) in [5.41, 5.74) is 3.98. The predicted molar refractivity (Wildman–Crippen MR) is 203 cm³/mol. The van der Waals surface area contributed by atoms with E-state index in [4.69, 9.17) is 0 Å². The zero-order chi connectivity index (χ0) is 35.9. The fraction of sp³-hybridized carbons (Fsp3) is 0.786. The highest BCUT2D eigenvalue weighted by molar-refractivity contribution is 7.91. The van der Waals surface area contributed by atoms with Crippen molar-refractivity contribution in [2.45, 2.75) is 97.9 Å². The van der Waals surface area contributed by atoms with Gasteiger partial charge in [-0.3, -0.25) is 0 Å². The zero-order valence-corrected chi connectivity index (χ0v) is 32.9. The van der Waals surface area contributed by atoms with E-state index in [1.165, 1.54) is 69.0 Å². The Hall–Kier alpha value is -1.74. The number of carbonyl (C=O) groups is 1. The van der Waals surface area contributed by atoms with Gasteiger partial charge in [-0.2, -0.15) is 0 Å². The molecule has 1 saturated heterocycles. The van der Waals surface area contributed by atoms with Crippen LogP contribution in [0.5, 0.6) is 0 Å². The van der Waals surface area contributed by atoms with Gasteiger partial charge in [-0.25, -0.2) is 13.2 Å². The van der Waals surface area contributed by atoms with Crippen LogP contribution in [0.1, 0.15) is 108 Å². The van der Waals surface area contributed by atoms with Crippen LogP contribution in [0.4, 0.5) is 0 Å². The first-order valence-electron chi connectivity index (χ1n) is 19.8. The highest BCUT2D eigenvalue weighted by Gasteiger charge is 2.70. The summed E-state index contributed by atoms with van der Waals surface area (Å²) in [6.07, 6.45) is 14.0. The molecule has 7 rings (SSSR count).